The molecule has 0 heterocycles. The van der Waals surface area contributed by atoms with Crippen molar-refractivity contribution in [2.75, 3.05) is 6.54 Å². The highest BCUT2D eigenvalue weighted by Gasteiger charge is 2.07. The van der Waals surface area contributed by atoms with E-state index in [4.69, 9.17) is 4.74 Å². The van der Waals surface area contributed by atoms with E-state index in [9.17, 15) is 0 Å². The highest BCUT2D eigenvalue weighted by molar-refractivity contribution is 5.38. The molecule has 0 bridgehead atoms. The Bertz CT molecular complexity index is 334. The molecule has 0 spiro atoms. The van der Waals surface area contributed by atoms with Gasteiger partial charge in [0.15, 0.2) is 0 Å². The Labute approximate surface area is 99.0 Å². The van der Waals surface area contributed by atoms with Crippen molar-refractivity contribution in [2.45, 2.75) is 46.8 Å². The van der Waals surface area contributed by atoms with Crippen LogP contribution in [0.2, 0.25) is 0 Å². The van der Waals surface area contributed by atoms with Gasteiger partial charge >= 0.3 is 0 Å². The minimum atomic E-state index is 0.197. The van der Waals surface area contributed by atoms with Crippen LogP contribution in [0, 0.1) is 13.8 Å². The molecule has 16 heavy (non-hydrogen) atoms. The highest BCUT2D eigenvalue weighted by atomic mass is 16.5. The van der Waals surface area contributed by atoms with Crippen molar-refractivity contribution >= 4 is 0 Å². The molecular formula is C14H23NO. The Morgan fingerprint density at radius 2 is 1.88 bits per heavy atom. The van der Waals surface area contributed by atoms with Gasteiger partial charge in [0.2, 0.25) is 0 Å². The van der Waals surface area contributed by atoms with Crippen LogP contribution in [-0.2, 0) is 0 Å². The van der Waals surface area contributed by atoms with E-state index in [-0.39, 0.29) is 6.10 Å². The molecule has 1 aromatic carbocycles. The molecule has 1 aromatic rings. The van der Waals surface area contributed by atoms with Crippen molar-refractivity contribution in [3.63, 3.8) is 0 Å². The quantitative estimate of drug-likeness (QED) is 0.825. The number of aryl methyl sites for hydroxylation is 1. The maximum atomic E-state index is 5.91. The highest BCUT2D eigenvalue weighted by Crippen LogP contribution is 2.21. The smallest absolute Gasteiger partial charge is 0.122 e. The predicted octanol–water partition coefficient (Wildman–Crippen LogP) is 3.07. The molecule has 0 amide bonds. The van der Waals surface area contributed by atoms with Crippen molar-refractivity contribution in [2.24, 2.45) is 0 Å². The lowest BCUT2D eigenvalue weighted by Crippen LogP contribution is -2.33. The average molecular weight is 221 g/mol. The summed E-state index contributed by atoms with van der Waals surface area (Å²) in [4.78, 5) is 0. The minimum absolute atomic E-state index is 0.197. The second kappa shape index (κ2) is 5.90. The summed E-state index contributed by atoms with van der Waals surface area (Å²) in [5.74, 6) is 0.998. The number of nitrogens with one attached hydrogen (secondary N) is 1. The first-order valence-electron chi connectivity index (χ1n) is 5.97. The van der Waals surface area contributed by atoms with Gasteiger partial charge in [0.1, 0.15) is 11.9 Å². The van der Waals surface area contributed by atoms with Gasteiger partial charge in [0.05, 0.1) is 0 Å². The van der Waals surface area contributed by atoms with Gasteiger partial charge in [-0.2, -0.15) is 0 Å². The van der Waals surface area contributed by atoms with Gasteiger partial charge in [-0.1, -0.05) is 26.0 Å². The Morgan fingerprint density at radius 3 is 2.50 bits per heavy atom. The van der Waals surface area contributed by atoms with Crippen molar-refractivity contribution in [1.29, 1.82) is 0 Å². The van der Waals surface area contributed by atoms with E-state index >= 15 is 0 Å². The van der Waals surface area contributed by atoms with Crippen LogP contribution in [0.15, 0.2) is 18.2 Å². The van der Waals surface area contributed by atoms with Gasteiger partial charge < -0.3 is 10.1 Å². The molecule has 0 aliphatic carbocycles. The first-order chi connectivity index (χ1) is 7.50. The molecule has 0 aromatic heterocycles. The lowest BCUT2D eigenvalue weighted by molar-refractivity contribution is 0.212. The summed E-state index contributed by atoms with van der Waals surface area (Å²) in [6, 6.07) is 6.69. The molecule has 1 unspecified atom stereocenters. The van der Waals surface area contributed by atoms with Crippen LogP contribution in [-0.4, -0.2) is 18.7 Å². The van der Waals surface area contributed by atoms with Gasteiger partial charge in [-0.15, -0.1) is 0 Å². The lowest BCUT2D eigenvalue weighted by Gasteiger charge is -2.19. The summed E-state index contributed by atoms with van der Waals surface area (Å²) in [6.07, 6.45) is 0.197. The summed E-state index contributed by atoms with van der Waals surface area (Å²) < 4.78 is 5.91. The molecule has 0 aliphatic heterocycles. The zero-order chi connectivity index (χ0) is 12.1. The fourth-order valence-corrected chi connectivity index (χ4v) is 1.51. The zero-order valence-corrected chi connectivity index (χ0v) is 11.0. The number of benzene rings is 1. The first kappa shape index (κ1) is 13.0. The molecular weight excluding hydrogens is 198 g/mol. The molecule has 1 N–H and O–H groups in total. The predicted molar refractivity (Wildman–Crippen MR) is 69.1 cm³/mol. The number of rotatable bonds is 5. The molecule has 1 rings (SSSR count). The van der Waals surface area contributed by atoms with Crippen LogP contribution in [0.25, 0.3) is 0 Å². The molecule has 2 heteroatoms. The fourth-order valence-electron chi connectivity index (χ4n) is 1.51. The van der Waals surface area contributed by atoms with Gasteiger partial charge in [-0.05, 0) is 38.0 Å². The molecule has 0 saturated carbocycles. The summed E-state index contributed by atoms with van der Waals surface area (Å²) in [7, 11) is 0. The van der Waals surface area contributed by atoms with Gasteiger partial charge in [-0.25, -0.2) is 0 Å². The molecule has 0 saturated heterocycles. The zero-order valence-electron chi connectivity index (χ0n) is 11.0. The molecule has 0 radical (unpaired) electrons. The molecule has 2 nitrogen and oxygen atoms in total. The Morgan fingerprint density at radius 1 is 1.19 bits per heavy atom. The van der Waals surface area contributed by atoms with E-state index in [2.05, 4.69) is 46.0 Å². The topological polar surface area (TPSA) is 21.3 Å². The summed E-state index contributed by atoms with van der Waals surface area (Å²) >= 11 is 0. The molecule has 0 aliphatic rings. The van der Waals surface area contributed by atoms with Crippen LogP contribution in [0.4, 0.5) is 0 Å². The first-order valence-corrected chi connectivity index (χ1v) is 5.97. The largest absolute Gasteiger partial charge is 0.489 e. The Balaban J connectivity index is 2.56. The SMILES string of the molecule is Cc1cccc(OC(C)CNC(C)C)c1C. The molecule has 1 atom stereocenters. The lowest BCUT2D eigenvalue weighted by atomic mass is 10.1. The standard InChI is InChI=1S/C14H23NO/c1-10(2)15-9-12(4)16-14-8-6-7-11(3)13(14)5/h6-8,10,12,15H,9H2,1-5H3. The van der Waals surface area contributed by atoms with Crippen LogP contribution in [0.3, 0.4) is 0 Å². The van der Waals surface area contributed by atoms with E-state index in [1.54, 1.807) is 0 Å². The van der Waals surface area contributed by atoms with Crippen LogP contribution < -0.4 is 10.1 Å². The van der Waals surface area contributed by atoms with Gasteiger partial charge in [0, 0.05) is 12.6 Å². The van der Waals surface area contributed by atoms with E-state index in [1.165, 1.54) is 11.1 Å². The van der Waals surface area contributed by atoms with E-state index in [0.29, 0.717) is 6.04 Å². The number of ether oxygens (including phenoxy) is 1. The Hall–Kier alpha value is -1.02. The summed E-state index contributed by atoms with van der Waals surface area (Å²) in [6.45, 7) is 11.5. The van der Waals surface area contributed by atoms with Gasteiger partial charge in [0.25, 0.3) is 0 Å². The van der Waals surface area contributed by atoms with Crippen molar-refractivity contribution in [3.05, 3.63) is 29.3 Å². The van der Waals surface area contributed by atoms with Crippen LogP contribution in [0.5, 0.6) is 5.75 Å². The average Bonchev–Trinajstić information content (AvgIpc) is 2.22. The van der Waals surface area contributed by atoms with Crippen molar-refractivity contribution in [1.82, 2.24) is 5.32 Å². The normalized spacial score (nSPS) is 12.9. The second-order valence-corrected chi connectivity index (χ2v) is 4.69. The molecule has 0 fully saturated rings. The van der Waals surface area contributed by atoms with E-state index in [1.807, 2.05) is 12.1 Å². The fraction of sp³-hybridized carbons (Fsp3) is 0.571. The summed E-state index contributed by atoms with van der Waals surface area (Å²) in [5.41, 5.74) is 2.51. The summed E-state index contributed by atoms with van der Waals surface area (Å²) in [5, 5.41) is 3.37. The van der Waals surface area contributed by atoms with Gasteiger partial charge in [-0.3, -0.25) is 0 Å². The minimum Gasteiger partial charge on any atom is -0.489 e. The van der Waals surface area contributed by atoms with E-state index in [0.717, 1.165) is 12.3 Å². The van der Waals surface area contributed by atoms with E-state index < -0.39 is 0 Å². The Kier molecular flexibility index (Phi) is 4.81. The third-order valence-corrected chi connectivity index (χ3v) is 2.70. The number of hydrogen-bond acceptors (Lipinski definition) is 2. The van der Waals surface area contributed by atoms with Crippen LogP contribution >= 0.6 is 0 Å². The maximum absolute atomic E-state index is 5.91. The monoisotopic (exact) mass is 221 g/mol. The van der Waals surface area contributed by atoms with Crippen molar-refractivity contribution in [3.8, 4) is 5.75 Å². The third kappa shape index (κ3) is 3.86. The maximum Gasteiger partial charge on any atom is 0.122 e. The molecule has 90 valence electrons. The van der Waals surface area contributed by atoms with Crippen molar-refractivity contribution < 1.29 is 4.74 Å². The second-order valence-electron chi connectivity index (χ2n) is 4.69. The number of hydrogen-bond donors (Lipinski definition) is 1. The van der Waals surface area contributed by atoms with Crippen LogP contribution in [0.1, 0.15) is 31.9 Å². The third-order valence-electron chi connectivity index (χ3n) is 2.70.